The average Bonchev–Trinajstić information content (AvgIpc) is 2.20. The van der Waals surface area contributed by atoms with E-state index in [2.05, 4.69) is 43.4 Å². The van der Waals surface area contributed by atoms with Crippen molar-refractivity contribution in [3.8, 4) is 0 Å². The van der Waals surface area contributed by atoms with Crippen molar-refractivity contribution in [2.75, 3.05) is 5.32 Å². The first kappa shape index (κ1) is 11.1. The second-order valence-electron chi connectivity index (χ2n) is 3.91. The molecule has 1 nitrogen and oxygen atoms in total. The SMILES string of the molecule is CCCCC[C@H](C)Nc1ccccc1. The van der Waals surface area contributed by atoms with Crippen LogP contribution in [0.15, 0.2) is 30.3 Å². The Bertz CT molecular complexity index is 230. The maximum absolute atomic E-state index is 3.50. The fourth-order valence-electron chi connectivity index (χ4n) is 1.59. The molecular weight excluding hydrogens is 170 g/mol. The lowest BCUT2D eigenvalue weighted by molar-refractivity contribution is 0.615. The molecule has 0 aromatic heterocycles. The van der Waals surface area contributed by atoms with Crippen molar-refractivity contribution in [1.29, 1.82) is 0 Å². The molecule has 0 aliphatic carbocycles. The fraction of sp³-hybridized carbons (Fsp3) is 0.538. The molecule has 0 spiro atoms. The van der Waals surface area contributed by atoms with Gasteiger partial charge in [0.2, 0.25) is 0 Å². The highest BCUT2D eigenvalue weighted by Crippen LogP contribution is 2.10. The second kappa shape index (κ2) is 6.47. The van der Waals surface area contributed by atoms with E-state index >= 15 is 0 Å². The van der Waals surface area contributed by atoms with Crippen molar-refractivity contribution >= 4 is 5.69 Å². The minimum Gasteiger partial charge on any atom is -0.383 e. The summed E-state index contributed by atoms with van der Waals surface area (Å²) in [5.74, 6) is 0. The second-order valence-corrected chi connectivity index (χ2v) is 3.91. The number of rotatable bonds is 6. The van der Waals surface area contributed by atoms with Gasteiger partial charge in [0.15, 0.2) is 0 Å². The van der Waals surface area contributed by atoms with Gasteiger partial charge in [-0.1, -0.05) is 44.4 Å². The molecule has 0 aliphatic heterocycles. The number of anilines is 1. The van der Waals surface area contributed by atoms with E-state index in [9.17, 15) is 0 Å². The van der Waals surface area contributed by atoms with Gasteiger partial charge in [0.25, 0.3) is 0 Å². The minimum absolute atomic E-state index is 0.587. The smallest absolute Gasteiger partial charge is 0.0342 e. The quantitative estimate of drug-likeness (QED) is 0.668. The summed E-state index contributed by atoms with van der Waals surface area (Å²) in [6.45, 7) is 4.50. The van der Waals surface area contributed by atoms with E-state index in [-0.39, 0.29) is 0 Å². The van der Waals surface area contributed by atoms with Gasteiger partial charge in [-0.15, -0.1) is 0 Å². The molecule has 1 aromatic rings. The highest BCUT2D eigenvalue weighted by molar-refractivity contribution is 5.43. The van der Waals surface area contributed by atoms with Crippen molar-refractivity contribution in [3.05, 3.63) is 30.3 Å². The van der Waals surface area contributed by atoms with Crippen LogP contribution in [0.5, 0.6) is 0 Å². The molecule has 0 amide bonds. The molecule has 0 saturated carbocycles. The van der Waals surface area contributed by atoms with Crippen LogP contribution in [0, 0.1) is 0 Å². The molecule has 0 heterocycles. The third-order valence-corrected chi connectivity index (χ3v) is 2.43. The van der Waals surface area contributed by atoms with E-state index in [0.29, 0.717) is 6.04 Å². The van der Waals surface area contributed by atoms with Crippen LogP contribution < -0.4 is 5.32 Å². The zero-order valence-corrected chi connectivity index (χ0v) is 9.29. The predicted molar refractivity (Wildman–Crippen MR) is 63.7 cm³/mol. The van der Waals surface area contributed by atoms with Gasteiger partial charge in [-0.2, -0.15) is 0 Å². The molecule has 1 heteroatoms. The number of nitrogens with one attached hydrogen (secondary N) is 1. The summed E-state index contributed by atoms with van der Waals surface area (Å²) in [6, 6.07) is 11.0. The molecule has 0 unspecified atom stereocenters. The molecule has 0 fully saturated rings. The lowest BCUT2D eigenvalue weighted by Gasteiger charge is -2.14. The van der Waals surface area contributed by atoms with E-state index in [1.807, 2.05) is 6.07 Å². The Morgan fingerprint density at radius 3 is 2.50 bits per heavy atom. The molecule has 1 aromatic carbocycles. The van der Waals surface area contributed by atoms with Crippen molar-refractivity contribution < 1.29 is 0 Å². The number of para-hydroxylation sites is 1. The Morgan fingerprint density at radius 2 is 1.86 bits per heavy atom. The van der Waals surface area contributed by atoms with Crippen LogP contribution in [0.2, 0.25) is 0 Å². The number of hydrogen-bond donors (Lipinski definition) is 1. The highest BCUT2D eigenvalue weighted by Gasteiger charge is 2.00. The maximum Gasteiger partial charge on any atom is 0.0342 e. The van der Waals surface area contributed by atoms with E-state index in [0.717, 1.165) is 0 Å². The minimum atomic E-state index is 0.587. The van der Waals surface area contributed by atoms with E-state index in [1.165, 1.54) is 31.4 Å². The predicted octanol–water partition coefficient (Wildman–Crippen LogP) is 4.07. The van der Waals surface area contributed by atoms with E-state index in [4.69, 9.17) is 0 Å². The third-order valence-electron chi connectivity index (χ3n) is 2.43. The number of benzene rings is 1. The van der Waals surface area contributed by atoms with Gasteiger partial charge < -0.3 is 5.32 Å². The van der Waals surface area contributed by atoms with Gasteiger partial charge in [0, 0.05) is 11.7 Å². The molecule has 1 rings (SSSR count). The van der Waals surface area contributed by atoms with Crippen LogP contribution in [0.25, 0.3) is 0 Å². The molecule has 0 saturated heterocycles. The Labute approximate surface area is 87.5 Å². The summed E-state index contributed by atoms with van der Waals surface area (Å²) >= 11 is 0. The average molecular weight is 191 g/mol. The molecule has 0 aliphatic rings. The molecule has 1 atom stereocenters. The van der Waals surface area contributed by atoms with E-state index in [1.54, 1.807) is 0 Å². The Balaban J connectivity index is 2.23. The summed E-state index contributed by atoms with van der Waals surface area (Å²) in [6.07, 6.45) is 5.25. The molecule has 0 radical (unpaired) electrons. The monoisotopic (exact) mass is 191 g/mol. The van der Waals surface area contributed by atoms with Crippen molar-refractivity contribution in [2.45, 2.75) is 45.6 Å². The van der Waals surface area contributed by atoms with Crippen LogP contribution in [0.4, 0.5) is 5.69 Å². The van der Waals surface area contributed by atoms with Crippen molar-refractivity contribution in [3.63, 3.8) is 0 Å². The fourth-order valence-corrected chi connectivity index (χ4v) is 1.59. The first-order valence-corrected chi connectivity index (χ1v) is 5.64. The standard InChI is InChI=1S/C13H21N/c1-3-4-6-9-12(2)14-13-10-7-5-8-11-13/h5,7-8,10-12,14H,3-4,6,9H2,1-2H3/t12-/m0/s1. The zero-order chi connectivity index (χ0) is 10.2. The topological polar surface area (TPSA) is 12.0 Å². The van der Waals surface area contributed by atoms with Crippen molar-refractivity contribution in [1.82, 2.24) is 0 Å². The van der Waals surface area contributed by atoms with Gasteiger partial charge in [0.1, 0.15) is 0 Å². The highest BCUT2D eigenvalue weighted by atomic mass is 14.9. The Kier molecular flexibility index (Phi) is 5.13. The maximum atomic E-state index is 3.50. The Morgan fingerprint density at radius 1 is 1.14 bits per heavy atom. The van der Waals surface area contributed by atoms with Crippen LogP contribution in [0.3, 0.4) is 0 Å². The van der Waals surface area contributed by atoms with Gasteiger partial charge in [-0.25, -0.2) is 0 Å². The van der Waals surface area contributed by atoms with Gasteiger partial charge in [0.05, 0.1) is 0 Å². The summed E-state index contributed by atoms with van der Waals surface area (Å²) in [7, 11) is 0. The van der Waals surface area contributed by atoms with E-state index < -0.39 is 0 Å². The number of unbranched alkanes of at least 4 members (excludes halogenated alkanes) is 2. The van der Waals surface area contributed by atoms with Crippen molar-refractivity contribution in [2.24, 2.45) is 0 Å². The lowest BCUT2D eigenvalue weighted by Crippen LogP contribution is -2.14. The van der Waals surface area contributed by atoms with Gasteiger partial charge >= 0.3 is 0 Å². The molecule has 1 N–H and O–H groups in total. The molecule has 0 bridgehead atoms. The zero-order valence-electron chi connectivity index (χ0n) is 9.29. The van der Waals surface area contributed by atoms with Crippen LogP contribution in [0.1, 0.15) is 39.5 Å². The molecule has 14 heavy (non-hydrogen) atoms. The normalized spacial score (nSPS) is 12.4. The lowest BCUT2D eigenvalue weighted by atomic mass is 10.1. The van der Waals surface area contributed by atoms with Crippen LogP contribution in [-0.4, -0.2) is 6.04 Å². The van der Waals surface area contributed by atoms with Gasteiger partial charge in [-0.3, -0.25) is 0 Å². The summed E-state index contributed by atoms with van der Waals surface area (Å²) in [5.41, 5.74) is 1.23. The first-order chi connectivity index (χ1) is 6.83. The van der Waals surface area contributed by atoms with Gasteiger partial charge in [-0.05, 0) is 25.5 Å². The number of hydrogen-bond acceptors (Lipinski definition) is 1. The summed E-state index contributed by atoms with van der Waals surface area (Å²) < 4.78 is 0. The first-order valence-electron chi connectivity index (χ1n) is 5.64. The largest absolute Gasteiger partial charge is 0.383 e. The summed E-state index contributed by atoms with van der Waals surface area (Å²) in [5, 5.41) is 3.50. The third kappa shape index (κ3) is 4.31. The Hall–Kier alpha value is -0.980. The van der Waals surface area contributed by atoms with Crippen LogP contribution >= 0.6 is 0 Å². The molecular formula is C13H21N. The van der Waals surface area contributed by atoms with Crippen LogP contribution in [-0.2, 0) is 0 Å². The molecule has 78 valence electrons. The summed E-state index contributed by atoms with van der Waals surface area (Å²) in [4.78, 5) is 0.